The molecule has 0 saturated carbocycles. The molecule has 1 amide bonds. The maximum Gasteiger partial charge on any atom is 0.274 e. The first-order valence-electron chi connectivity index (χ1n) is 8.88. The highest BCUT2D eigenvalue weighted by Gasteiger charge is 2.34. The van der Waals surface area contributed by atoms with Crippen molar-refractivity contribution in [1.82, 2.24) is 19.9 Å². The highest BCUT2D eigenvalue weighted by molar-refractivity contribution is 7.91. The van der Waals surface area contributed by atoms with Crippen LogP contribution in [0.4, 0.5) is 10.3 Å². The second-order valence-electron chi connectivity index (χ2n) is 6.89. The van der Waals surface area contributed by atoms with Crippen molar-refractivity contribution in [2.24, 2.45) is 0 Å². The number of thiophene rings is 1. The first-order chi connectivity index (χ1) is 13.8. The molecule has 1 unspecified atom stereocenters. The molecular weight excluding hydrogens is 417 g/mol. The molecular formula is C18H18FN5O3S2. The number of nitrogens with one attached hydrogen (secondary N) is 1. The van der Waals surface area contributed by atoms with Gasteiger partial charge >= 0.3 is 0 Å². The Morgan fingerprint density at radius 2 is 2.21 bits per heavy atom. The fraction of sp³-hybridized carbons (Fsp3) is 0.333. The molecule has 0 radical (unpaired) electrons. The lowest BCUT2D eigenvalue weighted by molar-refractivity contribution is 0.0790. The van der Waals surface area contributed by atoms with Crippen molar-refractivity contribution in [2.45, 2.75) is 18.2 Å². The van der Waals surface area contributed by atoms with Gasteiger partial charge in [-0.1, -0.05) is 0 Å². The van der Waals surface area contributed by atoms with E-state index in [0.717, 1.165) is 6.20 Å². The van der Waals surface area contributed by atoms with E-state index in [4.69, 9.17) is 0 Å². The highest BCUT2D eigenvalue weighted by Crippen LogP contribution is 2.27. The minimum Gasteiger partial charge on any atom is -0.350 e. The van der Waals surface area contributed by atoms with E-state index in [1.54, 1.807) is 6.07 Å². The molecule has 1 aliphatic rings. The molecule has 8 nitrogen and oxygen atoms in total. The number of aromatic nitrogens is 3. The van der Waals surface area contributed by atoms with Crippen LogP contribution in [0.5, 0.6) is 0 Å². The third-order valence-corrected chi connectivity index (χ3v) is 7.26. The van der Waals surface area contributed by atoms with Gasteiger partial charge in [-0.2, -0.15) is 0 Å². The Hall–Kier alpha value is -2.66. The number of fused-ring (bicyclic) bond motifs is 1. The summed E-state index contributed by atoms with van der Waals surface area (Å²) in [5.41, 5.74) is 1.47. The second kappa shape index (κ2) is 7.64. The SMILES string of the molecule is CS(=O)(=O)C1CCN(C(=O)c2nc(NCc3cncc(F)c3)nc3ccsc23)C1. The molecule has 1 fully saturated rings. The van der Waals surface area contributed by atoms with Crippen LogP contribution >= 0.6 is 11.3 Å². The topological polar surface area (TPSA) is 105 Å². The van der Waals surface area contributed by atoms with E-state index < -0.39 is 20.9 Å². The molecule has 4 rings (SSSR count). The zero-order chi connectivity index (χ0) is 20.6. The van der Waals surface area contributed by atoms with Gasteiger partial charge in [-0.3, -0.25) is 9.78 Å². The summed E-state index contributed by atoms with van der Waals surface area (Å²) >= 11 is 1.35. The van der Waals surface area contributed by atoms with Crippen molar-refractivity contribution < 1.29 is 17.6 Å². The minimum absolute atomic E-state index is 0.159. The van der Waals surface area contributed by atoms with Crippen molar-refractivity contribution in [1.29, 1.82) is 0 Å². The van der Waals surface area contributed by atoms with Gasteiger partial charge in [-0.05, 0) is 29.5 Å². The average molecular weight is 436 g/mol. The number of halogens is 1. The number of carbonyl (C=O) groups excluding carboxylic acids is 1. The van der Waals surface area contributed by atoms with Gasteiger partial charge in [0, 0.05) is 32.1 Å². The zero-order valence-corrected chi connectivity index (χ0v) is 17.1. The molecule has 4 heterocycles. The van der Waals surface area contributed by atoms with Crippen LogP contribution in [0, 0.1) is 5.82 Å². The van der Waals surface area contributed by atoms with Gasteiger partial charge in [-0.25, -0.2) is 22.8 Å². The molecule has 3 aromatic rings. The molecule has 29 heavy (non-hydrogen) atoms. The van der Waals surface area contributed by atoms with Gasteiger partial charge in [0.2, 0.25) is 5.95 Å². The van der Waals surface area contributed by atoms with Crippen LogP contribution in [-0.2, 0) is 16.4 Å². The number of hydrogen-bond acceptors (Lipinski definition) is 8. The van der Waals surface area contributed by atoms with Gasteiger partial charge in [0.05, 0.1) is 21.7 Å². The summed E-state index contributed by atoms with van der Waals surface area (Å²) in [6.45, 7) is 0.769. The first-order valence-corrected chi connectivity index (χ1v) is 11.7. The number of anilines is 1. The van der Waals surface area contributed by atoms with Crippen LogP contribution in [0.25, 0.3) is 10.2 Å². The number of nitrogens with zero attached hydrogens (tertiary/aromatic N) is 4. The summed E-state index contributed by atoms with van der Waals surface area (Å²) in [5.74, 6) is -0.521. The van der Waals surface area contributed by atoms with Crippen molar-refractivity contribution in [3.05, 3.63) is 47.0 Å². The Kier molecular flexibility index (Phi) is 5.17. The molecule has 0 aliphatic carbocycles. The van der Waals surface area contributed by atoms with Crippen LogP contribution in [0.15, 0.2) is 29.9 Å². The van der Waals surface area contributed by atoms with E-state index in [1.165, 1.54) is 34.8 Å². The highest BCUT2D eigenvalue weighted by atomic mass is 32.2. The quantitative estimate of drug-likeness (QED) is 0.654. The first kappa shape index (κ1) is 19.6. The van der Waals surface area contributed by atoms with Gasteiger partial charge in [0.25, 0.3) is 5.91 Å². The largest absolute Gasteiger partial charge is 0.350 e. The Morgan fingerprint density at radius 3 is 2.93 bits per heavy atom. The molecule has 0 aromatic carbocycles. The van der Waals surface area contributed by atoms with E-state index in [2.05, 4.69) is 20.3 Å². The van der Waals surface area contributed by atoms with Gasteiger partial charge in [-0.15, -0.1) is 11.3 Å². The third-order valence-electron chi connectivity index (χ3n) is 4.76. The molecule has 0 bridgehead atoms. The summed E-state index contributed by atoms with van der Waals surface area (Å²) in [6.07, 6.45) is 4.26. The molecule has 1 saturated heterocycles. The Labute approximate surface area is 170 Å². The van der Waals surface area contributed by atoms with Crippen molar-refractivity contribution >= 4 is 43.2 Å². The third kappa shape index (κ3) is 4.20. The van der Waals surface area contributed by atoms with Crippen LogP contribution in [0.3, 0.4) is 0 Å². The number of pyridine rings is 1. The smallest absolute Gasteiger partial charge is 0.274 e. The predicted molar refractivity (Wildman–Crippen MR) is 108 cm³/mol. The van der Waals surface area contributed by atoms with Gasteiger partial charge in [0.15, 0.2) is 15.5 Å². The van der Waals surface area contributed by atoms with E-state index >= 15 is 0 Å². The number of amides is 1. The summed E-state index contributed by atoms with van der Waals surface area (Å²) < 4.78 is 37.6. The standard InChI is InChI=1S/C18H18FN5O3S2/c1-29(26,27)13-2-4-24(10-13)17(25)15-16-14(3-5-28-16)22-18(23-15)21-8-11-6-12(19)9-20-7-11/h3,5-7,9,13H,2,4,8,10H2,1H3,(H,21,22,23). The number of rotatable bonds is 5. The van der Waals surface area contributed by atoms with E-state index in [9.17, 15) is 17.6 Å². The molecule has 1 aliphatic heterocycles. The number of likely N-dealkylation sites (tertiary alicyclic amines) is 1. The van der Waals surface area contributed by atoms with Crippen LogP contribution < -0.4 is 5.32 Å². The fourth-order valence-electron chi connectivity index (χ4n) is 3.23. The Morgan fingerprint density at radius 1 is 1.38 bits per heavy atom. The maximum atomic E-state index is 13.3. The lowest BCUT2D eigenvalue weighted by Gasteiger charge is -2.16. The molecule has 3 aromatic heterocycles. The number of carbonyl (C=O) groups is 1. The average Bonchev–Trinajstić information content (AvgIpc) is 3.34. The molecule has 0 spiro atoms. The monoisotopic (exact) mass is 435 g/mol. The van der Waals surface area contributed by atoms with E-state index in [1.807, 2.05) is 5.38 Å². The normalized spacial score (nSPS) is 17.0. The van der Waals surface area contributed by atoms with Crippen LogP contribution in [0.1, 0.15) is 22.5 Å². The van der Waals surface area contributed by atoms with Crippen LogP contribution in [0.2, 0.25) is 0 Å². The minimum atomic E-state index is -3.21. The summed E-state index contributed by atoms with van der Waals surface area (Å²) in [5, 5.41) is 4.27. The lowest BCUT2D eigenvalue weighted by atomic mass is 10.3. The number of sulfone groups is 1. The van der Waals surface area contributed by atoms with Crippen molar-refractivity contribution in [3.8, 4) is 0 Å². The fourth-order valence-corrected chi connectivity index (χ4v) is 5.03. The zero-order valence-electron chi connectivity index (χ0n) is 15.5. The second-order valence-corrected chi connectivity index (χ2v) is 10.1. The molecule has 11 heteroatoms. The van der Waals surface area contributed by atoms with E-state index in [0.29, 0.717) is 28.7 Å². The molecule has 152 valence electrons. The lowest BCUT2D eigenvalue weighted by Crippen LogP contribution is -2.32. The maximum absolute atomic E-state index is 13.3. The van der Waals surface area contributed by atoms with Crippen LogP contribution in [-0.4, -0.2) is 58.8 Å². The van der Waals surface area contributed by atoms with Gasteiger partial charge in [0.1, 0.15) is 5.82 Å². The van der Waals surface area contributed by atoms with Gasteiger partial charge < -0.3 is 10.2 Å². The summed E-state index contributed by atoms with van der Waals surface area (Å²) in [7, 11) is -3.21. The number of hydrogen-bond donors (Lipinski definition) is 1. The molecule has 1 atom stereocenters. The summed E-state index contributed by atoms with van der Waals surface area (Å²) in [6, 6.07) is 3.14. The Bertz CT molecular complexity index is 1180. The van der Waals surface area contributed by atoms with E-state index in [-0.39, 0.29) is 30.6 Å². The summed E-state index contributed by atoms with van der Waals surface area (Å²) in [4.78, 5) is 27.2. The van der Waals surface area contributed by atoms with Crippen molar-refractivity contribution in [2.75, 3.05) is 24.7 Å². The predicted octanol–water partition coefficient (Wildman–Crippen LogP) is 2.10. The molecule has 1 N–H and O–H groups in total. The van der Waals surface area contributed by atoms with Crippen molar-refractivity contribution in [3.63, 3.8) is 0 Å². The Balaban J connectivity index is 1.59.